The average molecular weight is 423 g/mol. The topological polar surface area (TPSA) is 75.9 Å². The summed E-state index contributed by atoms with van der Waals surface area (Å²) in [6.07, 6.45) is 3.21. The molecule has 0 radical (unpaired) electrons. The maximum atomic E-state index is 13.1. The van der Waals surface area contributed by atoms with E-state index in [0.29, 0.717) is 19.0 Å². The molecule has 7 nitrogen and oxygen atoms in total. The van der Waals surface area contributed by atoms with E-state index in [0.717, 1.165) is 35.6 Å². The van der Waals surface area contributed by atoms with Crippen molar-refractivity contribution in [1.29, 1.82) is 0 Å². The van der Waals surface area contributed by atoms with E-state index in [1.54, 1.807) is 18.3 Å². The van der Waals surface area contributed by atoms with Gasteiger partial charge in [0.25, 0.3) is 0 Å². The van der Waals surface area contributed by atoms with Crippen LogP contribution in [0.25, 0.3) is 5.82 Å². The van der Waals surface area contributed by atoms with Crippen molar-refractivity contribution in [2.45, 2.75) is 39.7 Å². The molecule has 4 rings (SSSR count). The van der Waals surface area contributed by atoms with Crippen LogP contribution in [0.3, 0.4) is 0 Å². The van der Waals surface area contributed by atoms with E-state index in [1.807, 2.05) is 37.6 Å². The lowest BCUT2D eigenvalue weighted by molar-refractivity contribution is -0.126. The van der Waals surface area contributed by atoms with E-state index in [2.05, 4.69) is 25.3 Å². The summed E-state index contributed by atoms with van der Waals surface area (Å²) in [6, 6.07) is 9.94. The molecule has 0 saturated carbocycles. The van der Waals surface area contributed by atoms with Crippen LogP contribution in [0.2, 0.25) is 0 Å². The number of nitrogens with zero attached hydrogens (tertiary/aromatic N) is 5. The van der Waals surface area contributed by atoms with Gasteiger partial charge in [0, 0.05) is 37.0 Å². The largest absolute Gasteiger partial charge is 0.349 e. The Labute approximate surface area is 181 Å². The highest BCUT2D eigenvalue weighted by atomic mass is 19.1. The minimum absolute atomic E-state index is 0.0359. The predicted molar refractivity (Wildman–Crippen MR) is 117 cm³/mol. The molecular formula is C23H27FN6O. The number of halogens is 1. The van der Waals surface area contributed by atoms with Gasteiger partial charge in [-0.2, -0.15) is 10.1 Å². The van der Waals surface area contributed by atoms with Crippen LogP contribution in [0.5, 0.6) is 0 Å². The Morgan fingerprint density at radius 2 is 1.87 bits per heavy atom. The number of hydrogen-bond acceptors (Lipinski definition) is 5. The third-order valence-corrected chi connectivity index (χ3v) is 5.73. The second-order valence-corrected chi connectivity index (χ2v) is 8.10. The van der Waals surface area contributed by atoms with E-state index in [4.69, 9.17) is 0 Å². The normalized spacial score (nSPS) is 15.7. The molecule has 1 atom stereocenters. The van der Waals surface area contributed by atoms with Crippen LogP contribution in [0.4, 0.5) is 10.3 Å². The lowest BCUT2D eigenvalue weighted by atomic mass is 9.95. The molecule has 1 aliphatic heterocycles. The first-order valence-electron chi connectivity index (χ1n) is 10.6. The Hall–Kier alpha value is -3.29. The molecule has 1 aromatic carbocycles. The molecule has 8 heteroatoms. The van der Waals surface area contributed by atoms with Crippen LogP contribution in [0.1, 0.15) is 42.8 Å². The summed E-state index contributed by atoms with van der Waals surface area (Å²) in [5.41, 5.74) is 2.86. The van der Waals surface area contributed by atoms with Crippen LogP contribution in [0.15, 0.2) is 42.6 Å². The van der Waals surface area contributed by atoms with Crippen molar-refractivity contribution in [3.63, 3.8) is 0 Å². The number of amides is 1. The lowest BCUT2D eigenvalue weighted by Gasteiger charge is -2.32. The number of carbonyl (C=O) groups excluding carboxylic acids is 1. The Morgan fingerprint density at radius 3 is 2.52 bits per heavy atom. The second kappa shape index (κ2) is 8.83. The first-order valence-corrected chi connectivity index (χ1v) is 10.6. The van der Waals surface area contributed by atoms with Gasteiger partial charge in [0.05, 0.1) is 11.7 Å². The van der Waals surface area contributed by atoms with Gasteiger partial charge >= 0.3 is 0 Å². The van der Waals surface area contributed by atoms with E-state index in [9.17, 15) is 9.18 Å². The Kier molecular flexibility index (Phi) is 5.97. The maximum absolute atomic E-state index is 13.1. The molecule has 162 valence electrons. The zero-order valence-electron chi connectivity index (χ0n) is 18.0. The van der Waals surface area contributed by atoms with Crippen molar-refractivity contribution in [1.82, 2.24) is 25.1 Å². The Bertz CT molecular complexity index is 1060. The number of benzene rings is 1. The van der Waals surface area contributed by atoms with E-state index >= 15 is 0 Å². The zero-order chi connectivity index (χ0) is 22.0. The number of aromatic nitrogens is 4. The molecule has 31 heavy (non-hydrogen) atoms. The summed E-state index contributed by atoms with van der Waals surface area (Å²) in [6.45, 7) is 7.29. The van der Waals surface area contributed by atoms with Crippen LogP contribution in [0, 0.1) is 25.6 Å². The molecule has 1 fully saturated rings. The third kappa shape index (κ3) is 4.73. The molecule has 1 saturated heterocycles. The SMILES string of the molecule is Cc1cc(C)n(-c2ccnc(N3CCC(C(=O)N[C@H](C)c4ccc(F)cc4)CC3)n2)n1. The quantitative estimate of drug-likeness (QED) is 0.681. The van der Waals surface area contributed by atoms with Gasteiger partial charge in [0.15, 0.2) is 5.82 Å². The summed E-state index contributed by atoms with van der Waals surface area (Å²) in [4.78, 5) is 24.0. The molecule has 1 amide bonds. The number of anilines is 1. The average Bonchev–Trinajstić information content (AvgIpc) is 3.12. The first kappa shape index (κ1) is 21.0. The molecule has 2 aromatic heterocycles. The zero-order valence-corrected chi connectivity index (χ0v) is 18.0. The summed E-state index contributed by atoms with van der Waals surface area (Å²) in [7, 11) is 0. The van der Waals surface area contributed by atoms with Gasteiger partial charge in [-0.05, 0) is 57.4 Å². The van der Waals surface area contributed by atoms with Crippen molar-refractivity contribution in [3.05, 3.63) is 65.4 Å². The molecule has 0 aliphatic carbocycles. The van der Waals surface area contributed by atoms with Crippen molar-refractivity contribution in [2.75, 3.05) is 18.0 Å². The fourth-order valence-electron chi connectivity index (χ4n) is 3.98. The van der Waals surface area contributed by atoms with Gasteiger partial charge in [-0.1, -0.05) is 12.1 Å². The number of nitrogens with one attached hydrogen (secondary N) is 1. The summed E-state index contributed by atoms with van der Waals surface area (Å²) in [5, 5.41) is 7.55. The molecule has 1 N–H and O–H groups in total. The summed E-state index contributed by atoms with van der Waals surface area (Å²) >= 11 is 0. The molecule has 1 aliphatic rings. The van der Waals surface area contributed by atoms with Gasteiger partial charge in [-0.25, -0.2) is 14.1 Å². The second-order valence-electron chi connectivity index (χ2n) is 8.10. The summed E-state index contributed by atoms with van der Waals surface area (Å²) < 4.78 is 14.9. The highest BCUT2D eigenvalue weighted by Gasteiger charge is 2.27. The van der Waals surface area contributed by atoms with Gasteiger partial charge in [0.2, 0.25) is 11.9 Å². The highest BCUT2D eigenvalue weighted by molar-refractivity contribution is 5.79. The maximum Gasteiger partial charge on any atom is 0.227 e. The van der Waals surface area contributed by atoms with Crippen molar-refractivity contribution in [3.8, 4) is 5.82 Å². The van der Waals surface area contributed by atoms with Crippen molar-refractivity contribution >= 4 is 11.9 Å². The number of piperidine rings is 1. The smallest absolute Gasteiger partial charge is 0.227 e. The van der Waals surface area contributed by atoms with Gasteiger partial charge in [-0.15, -0.1) is 0 Å². The molecule has 0 bridgehead atoms. The fourth-order valence-corrected chi connectivity index (χ4v) is 3.98. The van der Waals surface area contributed by atoms with E-state index in [1.165, 1.54) is 12.1 Å². The molecule has 0 spiro atoms. The van der Waals surface area contributed by atoms with Crippen molar-refractivity contribution < 1.29 is 9.18 Å². The standard InChI is InChI=1S/C23H27FN6O/c1-15-14-16(2)30(28-15)21-8-11-25-23(27-21)29-12-9-19(10-13-29)22(31)26-17(3)18-4-6-20(24)7-5-18/h4-8,11,14,17,19H,9-10,12-13H2,1-3H3,(H,26,31)/t17-/m1/s1. The predicted octanol–water partition coefficient (Wildman–Crippen LogP) is 3.51. The number of rotatable bonds is 5. The van der Waals surface area contributed by atoms with Crippen LogP contribution >= 0.6 is 0 Å². The Morgan fingerprint density at radius 1 is 1.16 bits per heavy atom. The fraction of sp³-hybridized carbons (Fsp3) is 0.391. The lowest BCUT2D eigenvalue weighted by Crippen LogP contribution is -2.41. The Balaban J connectivity index is 1.36. The van der Waals surface area contributed by atoms with Crippen LogP contribution in [-0.2, 0) is 4.79 Å². The monoisotopic (exact) mass is 422 g/mol. The highest BCUT2D eigenvalue weighted by Crippen LogP contribution is 2.23. The minimum atomic E-state index is -0.279. The third-order valence-electron chi connectivity index (χ3n) is 5.73. The number of aryl methyl sites for hydroxylation is 2. The van der Waals surface area contributed by atoms with Crippen LogP contribution < -0.4 is 10.2 Å². The van der Waals surface area contributed by atoms with Gasteiger partial charge in [0.1, 0.15) is 5.82 Å². The number of hydrogen-bond donors (Lipinski definition) is 1. The summed E-state index contributed by atoms with van der Waals surface area (Å²) in [5.74, 6) is 1.10. The van der Waals surface area contributed by atoms with E-state index in [-0.39, 0.29) is 23.7 Å². The number of carbonyl (C=O) groups is 1. The molecular weight excluding hydrogens is 395 g/mol. The van der Waals surface area contributed by atoms with Crippen molar-refractivity contribution in [2.24, 2.45) is 5.92 Å². The first-order chi connectivity index (χ1) is 14.9. The van der Waals surface area contributed by atoms with E-state index < -0.39 is 0 Å². The minimum Gasteiger partial charge on any atom is -0.349 e. The van der Waals surface area contributed by atoms with Crippen LogP contribution in [-0.4, -0.2) is 38.7 Å². The van der Waals surface area contributed by atoms with Gasteiger partial charge in [-0.3, -0.25) is 4.79 Å². The molecule has 0 unspecified atom stereocenters. The van der Waals surface area contributed by atoms with Gasteiger partial charge < -0.3 is 10.2 Å². The molecule has 3 aromatic rings. The molecule has 3 heterocycles.